The molecule has 3 rings (SSSR count). The van der Waals surface area contributed by atoms with Gasteiger partial charge in [-0.05, 0) is 37.3 Å². The predicted octanol–water partition coefficient (Wildman–Crippen LogP) is 5.25. The second-order valence-electron chi connectivity index (χ2n) is 6.05. The first-order valence-electron chi connectivity index (χ1n) is 8.38. The standard InChI is InChI=1S/C20H19Cl2N3O2/c1-13(26)14-3-6-19(18(9-14)23-2)27-20(11-25-8-7-24-12-25)16-5-4-15(21)10-17(16)22/h3-10,12,20,23H,11H2,1-2H3. The van der Waals surface area contributed by atoms with Crippen LogP contribution >= 0.6 is 23.2 Å². The van der Waals surface area contributed by atoms with E-state index in [-0.39, 0.29) is 11.9 Å². The van der Waals surface area contributed by atoms with Gasteiger partial charge in [-0.25, -0.2) is 4.98 Å². The average molecular weight is 404 g/mol. The highest BCUT2D eigenvalue weighted by Crippen LogP contribution is 2.34. The SMILES string of the molecule is CNc1cc(C(C)=O)ccc1OC(Cn1ccnc1)c1ccc(Cl)cc1Cl. The van der Waals surface area contributed by atoms with Crippen LogP contribution in [-0.2, 0) is 6.54 Å². The quantitative estimate of drug-likeness (QED) is 0.546. The number of ether oxygens (including phenoxy) is 1. The molecule has 0 spiro atoms. The molecule has 3 aromatic rings. The Bertz CT molecular complexity index is 942. The summed E-state index contributed by atoms with van der Waals surface area (Å²) < 4.78 is 8.22. The van der Waals surface area contributed by atoms with Crippen LogP contribution < -0.4 is 10.1 Å². The molecular formula is C20H19Cl2N3O2. The van der Waals surface area contributed by atoms with E-state index >= 15 is 0 Å². The molecule has 0 aliphatic carbocycles. The van der Waals surface area contributed by atoms with E-state index in [9.17, 15) is 4.79 Å². The maximum absolute atomic E-state index is 11.6. The summed E-state index contributed by atoms with van der Waals surface area (Å²) in [5.41, 5.74) is 2.15. The third kappa shape index (κ3) is 4.62. The smallest absolute Gasteiger partial charge is 0.159 e. The van der Waals surface area contributed by atoms with Crippen LogP contribution in [0, 0.1) is 0 Å². The molecule has 1 atom stereocenters. The fourth-order valence-corrected chi connectivity index (χ4v) is 3.28. The van der Waals surface area contributed by atoms with Crippen molar-refractivity contribution in [2.45, 2.75) is 19.6 Å². The number of Topliss-reactive ketones (excluding diaryl/α,β-unsaturated/α-hetero) is 1. The minimum atomic E-state index is -0.376. The van der Waals surface area contributed by atoms with Crippen LogP contribution in [0.5, 0.6) is 5.75 Å². The van der Waals surface area contributed by atoms with Gasteiger partial charge in [0.1, 0.15) is 11.9 Å². The van der Waals surface area contributed by atoms with E-state index in [0.29, 0.717) is 27.9 Å². The molecule has 1 unspecified atom stereocenters. The highest BCUT2D eigenvalue weighted by Gasteiger charge is 2.20. The van der Waals surface area contributed by atoms with Gasteiger partial charge in [-0.3, -0.25) is 4.79 Å². The van der Waals surface area contributed by atoms with E-state index < -0.39 is 0 Å². The van der Waals surface area contributed by atoms with Gasteiger partial charge in [0.2, 0.25) is 0 Å². The summed E-state index contributed by atoms with van der Waals surface area (Å²) >= 11 is 12.5. The fourth-order valence-electron chi connectivity index (χ4n) is 2.75. The summed E-state index contributed by atoms with van der Waals surface area (Å²) in [6.07, 6.45) is 4.91. The number of aromatic nitrogens is 2. The van der Waals surface area contributed by atoms with Crippen molar-refractivity contribution in [3.63, 3.8) is 0 Å². The monoisotopic (exact) mass is 403 g/mol. The highest BCUT2D eigenvalue weighted by molar-refractivity contribution is 6.35. The molecule has 0 radical (unpaired) electrons. The number of ketones is 1. The van der Waals surface area contributed by atoms with Gasteiger partial charge in [-0.1, -0.05) is 29.3 Å². The van der Waals surface area contributed by atoms with Gasteiger partial charge in [-0.15, -0.1) is 0 Å². The summed E-state index contributed by atoms with van der Waals surface area (Å²) in [5.74, 6) is 0.618. The zero-order chi connectivity index (χ0) is 19.4. The summed E-state index contributed by atoms with van der Waals surface area (Å²) in [5, 5.41) is 4.17. The van der Waals surface area contributed by atoms with Gasteiger partial charge in [0.05, 0.1) is 18.6 Å². The highest BCUT2D eigenvalue weighted by atomic mass is 35.5. The van der Waals surface area contributed by atoms with Gasteiger partial charge in [0.15, 0.2) is 5.78 Å². The number of nitrogens with zero attached hydrogens (tertiary/aromatic N) is 2. The Labute approximate surface area is 167 Å². The van der Waals surface area contributed by atoms with Crippen LogP contribution in [0.3, 0.4) is 0 Å². The van der Waals surface area contributed by atoms with Gasteiger partial charge < -0.3 is 14.6 Å². The molecule has 2 aromatic carbocycles. The maximum atomic E-state index is 11.6. The average Bonchev–Trinajstić information content (AvgIpc) is 3.14. The Morgan fingerprint density at radius 3 is 2.70 bits per heavy atom. The third-order valence-electron chi connectivity index (χ3n) is 4.17. The van der Waals surface area contributed by atoms with E-state index in [1.165, 1.54) is 6.92 Å². The normalized spacial score (nSPS) is 11.9. The molecule has 0 amide bonds. The Balaban J connectivity index is 1.97. The van der Waals surface area contributed by atoms with Crippen LogP contribution in [0.25, 0.3) is 0 Å². The molecule has 27 heavy (non-hydrogen) atoms. The van der Waals surface area contributed by atoms with Crippen molar-refractivity contribution in [1.82, 2.24) is 9.55 Å². The minimum absolute atomic E-state index is 0.00578. The number of carbonyl (C=O) groups is 1. The number of benzene rings is 2. The Kier molecular flexibility index (Phi) is 6.04. The summed E-state index contributed by atoms with van der Waals surface area (Å²) in [6, 6.07) is 10.6. The Morgan fingerprint density at radius 1 is 1.26 bits per heavy atom. The first-order chi connectivity index (χ1) is 13.0. The van der Waals surface area contributed by atoms with Crippen molar-refractivity contribution in [1.29, 1.82) is 0 Å². The van der Waals surface area contributed by atoms with Crippen molar-refractivity contribution in [3.8, 4) is 5.75 Å². The molecule has 5 nitrogen and oxygen atoms in total. The third-order valence-corrected chi connectivity index (χ3v) is 4.73. The molecule has 0 aliphatic heterocycles. The first kappa shape index (κ1) is 19.3. The molecule has 1 aromatic heterocycles. The van der Waals surface area contributed by atoms with E-state index in [0.717, 1.165) is 11.3 Å². The van der Waals surface area contributed by atoms with Crippen molar-refractivity contribution < 1.29 is 9.53 Å². The summed E-state index contributed by atoms with van der Waals surface area (Å²) in [6.45, 7) is 2.05. The largest absolute Gasteiger partial charge is 0.482 e. The second kappa shape index (κ2) is 8.46. The Hall–Kier alpha value is -2.50. The number of rotatable bonds is 7. The first-order valence-corrected chi connectivity index (χ1v) is 9.13. The van der Waals surface area contributed by atoms with E-state index in [2.05, 4.69) is 10.3 Å². The zero-order valence-electron chi connectivity index (χ0n) is 14.9. The van der Waals surface area contributed by atoms with Crippen molar-refractivity contribution in [2.24, 2.45) is 0 Å². The lowest BCUT2D eigenvalue weighted by Crippen LogP contribution is -2.16. The number of anilines is 1. The van der Waals surface area contributed by atoms with Crippen LogP contribution in [-0.4, -0.2) is 22.4 Å². The molecule has 1 N–H and O–H groups in total. The lowest BCUT2D eigenvalue weighted by atomic mass is 10.1. The zero-order valence-corrected chi connectivity index (χ0v) is 16.5. The number of halogens is 2. The molecule has 0 saturated heterocycles. The van der Waals surface area contributed by atoms with Crippen molar-refractivity contribution in [3.05, 3.63) is 76.3 Å². The van der Waals surface area contributed by atoms with Crippen LogP contribution in [0.4, 0.5) is 5.69 Å². The summed E-state index contributed by atoms with van der Waals surface area (Å²) in [7, 11) is 1.78. The van der Waals surface area contributed by atoms with Crippen LogP contribution in [0.2, 0.25) is 10.0 Å². The molecule has 0 bridgehead atoms. The number of hydrogen-bond donors (Lipinski definition) is 1. The van der Waals surface area contributed by atoms with Gasteiger partial charge in [-0.2, -0.15) is 0 Å². The second-order valence-corrected chi connectivity index (χ2v) is 6.89. The molecule has 140 valence electrons. The molecule has 7 heteroatoms. The predicted molar refractivity (Wildman–Crippen MR) is 108 cm³/mol. The van der Waals surface area contributed by atoms with Gasteiger partial charge >= 0.3 is 0 Å². The fraction of sp³-hybridized carbons (Fsp3) is 0.200. The van der Waals surface area contributed by atoms with Crippen molar-refractivity contribution >= 4 is 34.7 Å². The molecule has 0 saturated carbocycles. The van der Waals surface area contributed by atoms with Gasteiger partial charge in [0.25, 0.3) is 0 Å². The lowest BCUT2D eigenvalue weighted by molar-refractivity contribution is 0.101. The molecule has 0 aliphatic rings. The van der Waals surface area contributed by atoms with E-state index in [4.69, 9.17) is 27.9 Å². The van der Waals surface area contributed by atoms with Crippen LogP contribution in [0.1, 0.15) is 28.9 Å². The van der Waals surface area contributed by atoms with E-state index in [1.54, 1.807) is 49.9 Å². The maximum Gasteiger partial charge on any atom is 0.159 e. The van der Waals surface area contributed by atoms with Gasteiger partial charge in [0, 0.05) is 40.6 Å². The minimum Gasteiger partial charge on any atom is -0.482 e. The van der Waals surface area contributed by atoms with E-state index in [1.807, 2.05) is 16.8 Å². The Morgan fingerprint density at radius 2 is 2.07 bits per heavy atom. The molecule has 0 fully saturated rings. The molecular weight excluding hydrogens is 385 g/mol. The van der Waals surface area contributed by atoms with Crippen LogP contribution in [0.15, 0.2) is 55.1 Å². The number of nitrogens with one attached hydrogen (secondary N) is 1. The number of imidazole rings is 1. The number of carbonyl (C=O) groups excluding carboxylic acids is 1. The topological polar surface area (TPSA) is 56.1 Å². The van der Waals surface area contributed by atoms with Crippen molar-refractivity contribution in [2.75, 3.05) is 12.4 Å². The summed E-state index contributed by atoms with van der Waals surface area (Å²) in [4.78, 5) is 15.7. The lowest BCUT2D eigenvalue weighted by Gasteiger charge is -2.23. The molecule has 1 heterocycles. The number of hydrogen-bond acceptors (Lipinski definition) is 4.